The van der Waals surface area contributed by atoms with Crippen molar-refractivity contribution in [3.8, 4) is 11.1 Å². The second kappa shape index (κ2) is 12.2. The Morgan fingerprint density at radius 1 is 1.14 bits per heavy atom. The van der Waals surface area contributed by atoms with E-state index in [0.29, 0.717) is 31.1 Å². The summed E-state index contributed by atoms with van der Waals surface area (Å²) < 4.78 is 12.7. The van der Waals surface area contributed by atoms with Crippen LogP contribution < -0.4 is 5.32 Å². The molecule has 1 fully saturated rings. The van der Waals surface area contributed by atoms with Crippen LogP contribution in [0.4, 0.5) is 5.82 Å². The van der Waals surface area contributed by atoms with Crippen molar-refractivity contribution in [3.05, 3.63) is 29.7 Å². The van der Waals surface area contributed by atoms with Crippen molar-refractivity contribution in [1.82, 2.24) is 14.8 Å². The van der Waals surface area contributed by atoms with E-state index in [1.165, 1.54) is 32.1 Å². The van der Waals surface area contributed by atoms with Crippen LogP contribution in [-0.4, -0.2) is 45.5 Å². The van der Waals surface area contributed by atoms with Crippen LogP contribution in [0.3, 0.4) is 0 Å². The summed E-state index contributed by atoms with van der Waals surface area (Å²) in [5, 5.41) is 7.84. The minimum atomic E-state index is -0.487. The maximum atomic E-state index is 12.8. The van der Waals surface area contributed by atoms with E-state index in [2.05, 4.69) is 20.1 Å². The zero-order valence-corrected chi connectivity index (χ0v) is 21.9. The van der Waals surface area contributed by atoms with Crippen molar-refractivity contribution in [2.45, 2.75) is 91.7 Å². The Bertz CT molecular complexity index is 1000. The monoisotopic (exact) mass is 484 g/mol. The van der Waals surface area contributed by atoms with Gasteiger partial charge in [-0.15, -0.1) is 0 Å². The normalized spacial score (nSPS) is 14.5. The predicted molar refractivity (Wildman–Crippen MR) is 136 cm³/mol. The van der Waals surface area contributed by atoms with E-state index in [-0.39, 0.29) is 18.3 Å². The van der Waals surface area contributed by atoms with Gasteiger partial charge in [-0.3, -0.25) is 9.48 Å². The Morgan fingerprint density at radius 2 is 1.89 bits per heavy atom. The average Bonchev–Trinajstić information content (AvgIpc) is 3.16. The van der Waals surface area contributed by atoms with Gasteiger partial charge in [-0.2, -0.15) is 5.10 Å². The largest absolute Gasteiger partial charge is 0.461 e. The molecule has 1 aliphatic carbocycles. The smallest absolute Gasteiger partial charge is 0.357 e. The molecule has 1 aliphatic rings. The molecule has 0 aliphatic heterocycles. The molecule has 0 atom stereocenters. The molecule has 0 radical (unpaired) electrons. The van der Waals surface area contributed by atoms with Gasteiger partial charge in [0.25, 0.3) is 0 Å². The fourth-order valence-corrected chi connectivity index (χ4v) is 4.48. The molecule has 1 saturated carbocycles. The van der Waals surface area contributed by atoms with Crippen molar-refractivity contribution in [2.24, 2.45) is 5.92 Å². The third kappa shape index (κ3) is 7.80. The number of aromatic nitrogens is 3. The van der Waals surface area contributed by atoms with Gasteiger partial charge in [0, 0.05) is 36.3 Å². The van der Waals surface area contributed by atoms with Crippen molar-refractivity contribution in [1.29, 1.82) is 0 Å². The Labute approximate surface area is 208 Å². The maximum absolute atomic E-state index is 12.8. The van der Waals surface area contributed by atoms with Crippen molar-refractivity contribution in [3.63, 3.8) is 0 Å². The molecule has 3 rings (SSSR count). The second-order valence-corrected chi connectivity index (χ2v) is 10.3. The van der Waals surface area contributed by atoms with Gasteiger partial charge >= 0.3 is 11.9 Å². The lowest BCUT2D eigenvalue weighted by molar-refractivity contribution is -0.154. The highest BCUT2D eigenvalue weighted by Crippen LogP contribution is 2.30. The summed E-state index contributed by atoms with van der Waals surface area (Å²) in [6.07, 6.45) is 9.15. The molecule has 2 aromatic heterocycles. The number of ether oxygens (including phenoxy) is 2. The molecular formula is C27H40N4O4. The predicted octanol–water partition coefficient (Wildman–Crippen LogP) is 5.54. The lowest BCUT2D eigenvalue weighted by Crippen LogP contribution is -2.24. The lowest BCUT2D eigenvalue weighted by atomic mass is 9.89. The first kappa shape index (κ1) is 26.7. The highest BCUT2D eigenvalue weighted by atomic mass is 16.6. The standard InChI is InChI=1S/C27H40N4O4/c1-6-34-26(33)25-21(22-17-29-31(19(22)2)18-20-11-8-7-9-12-20)14-15-23(30-25)28-16-10-13-24(32)35-27(3,4)5/h14-15,17,20H,6-13,16,18H2,1-5H3,(H,28,30). The molecule has 2 aromatic rings. The van der Waals surface area contributed by atoms with Crippen LogP contribution >= 0.6 is 0 Å². The Kier molecular flexibility index (Phi) is 9.29. The molecule has 0 spiro atoms. The van der Waals surface area contributed by atoms with E-state index in [1.807, 2.05) is 46.0 Å². The van der Waals surface area contributed by atoms with E-state index < -0.39 is 11.6 Å². The van der Waals surface area contributed by atoms with Crippen molar-refractivity contribution in [2.75, 3.05) is 18.5 Å². The molecule has 8 nitrogen and oxygen atoms in total. The third-order valence-corrected chi connectivity index (χ3v) is 6.20. The number of carbonyl (C=O) groups is 2. The average molecular weight is 485 g/mol. The number of anilines is 1. The summed E-state index contributed by atoms with van der Waals surface area (Å²) in [6, 6.07) is 3.74. The van der Waals surface area contributed by atoms with Crippen molar-refractivity contribution >= 4 is 17.8 Å². The number of hydrogen-bond donors (Lipinski definition) is 1. The summed E-state index contributed by atoms with van der Waals surface area (Å²) in [5.41, 5.74) is 2.42. The number of nitrogens with one attached hydrogen (secondary N) is 1. The van der Waals surface area contributed by atoms with E-state index in [1.54, 1.807) is 6.92 Å². The van der Waals surface area contributed by atoms with Gasteiger partial charge in [0.2, 0.25) is 0 Å². The van der Waals surface area contributed by atoms with Gasteiger partial charge in [-0.25, -0.2) is 9.78 Å². The van der Waals surface area contributed by atoms with Crippen LogP contribution in [0.2, 0.25) is 0 Å². The van der Waals surface area contributed by atoms with Gasteiger partial charge < -0.3 is 14.8 Å². The van der Waals surface area contributed by atoms with Gasteiger partial charge in [-0.1, -0.05) is 19.3 Å². The summed E-state index contributed by atoms with van der Waals surface area (Å²) in [4.78, 5) is 29.3. The first-order valence-corrected chi connectivity index (χ1v) is 12.8. The second-order valence-electron chi connectivity index (χ2n) is 10.3. The topological polar surface area (TPSA) is 95.3 Å². The molecule has 2 heterocycles. The number of carbonyl (C=O) groups excluding carboxylic acids is 2. The maximum Gasteiger partial charge on any atom is 0.357 e. The summed E-state index contributed by atoms with van der Waals surface area (Å²) in [7, 11) is 0. The minimum Gasteiger partial charge on any atom is -0.461 e. The highest BCUT2D eigenvalue weighted by Gasteiger charge is 2.22. The van der Waals surface area contributed by atoms with Gasteiger partial charge in [-0.05, 0) is 71.9 Å². The quantitative estimate of drug-likeness (QED) is 0.349. The first-order valence-electron chi connectivity index (χ1n) is 12.8. The van der Waals surface area contributed by atoms with E-state index >= 15 is 0 Å². The zero-order chi connectivity index (χ0) is 25.4. The van der Waals surface area contributed by atoms with E-state index in [0.717, 1.165) is 23.4 Å². The molecule has 35 heavy (non-hydrogen) atoms. The number of esters is 2. The fourth-order valence-electron chi connectivity index (χ4n) is 4.48. The first-order chi connectivity index (χ1) is 16.7. The Hall–Kier alpha value is -2.90. The van der Waals surface area contributed by atoms with Crippen LogP contribution in [0.5, 0.6) is 0 Å². The molecule has 8 heteroatoms. The number of hydrogen-bond acceptors (Lipinski definition) is 7. The molecule has 1 N–H and O–H groups in total. The molecule has 0 amide bonds. The van der Waals surface area contributed by atoms with E-state index in [9.17, 15) is 9.59 Å². The molecule has 0 saturated heterocycles. The Morgan fingerprint density at radius 3 is 2.57 bits per heavy atom. The van der Waals surface area contributed by atoms with Crippen LogP contribution in [0.15, 0.2) is 18.3 Å². The zero-order valence-electron chi connectivity index (χ0n) is 21.9. The number of nitrogens with zero attached hydrogens (tertiary/aromatic N) is 3. The molecule has 0 bridgehead atoms. The fraction of sp³-hybridized carbons (Fsp3) is 0.630. The molecule has 192 valence electrons. The van der Waals surface area contributed by atoms with E-state index in [4.69, 9.17) is 9.47 Å². The van der Waals surface area contributed by atoms with Crippen LogP contribution in [0.25, 0.3) is 11.1 Å². The number of pyridine rings is 1. The SMILES string of the molecule is CCOC(=O)c1nc(NCCCC(=O)OC(C)(C)C)ccc1-c1cnn(CC2CCCCC2)c1C. The van der Waals surface area contributed by atoms with Crippen LogP contribution in [0, 0.1) is 12.8 Å². The van der Waals surface area contributed by atoms with Gasteiger partial charge in [0.05, 0.1) is 12.8 Å². The van der Waals surface area contributed by atoms with Crippen molar-refractivity contribution < 1.29 is 19.1 Å². The van der Waals surface area contributed by atoms with Gasteiger partial charge in [0.1, 0.15) is 11.4 Å². The van der Waals surface area contributed by atoms with Crippen LogP contribution in [-0.2, 0) is 20.8 Å². The molecule has 0 aromatic carbocycles. The lowest BCUT2D eigenvalue weighted by Gasteiger charge is -2.22. The molecular weight excluding hydrogens is 444 g/mol. The third-order valence-electron chi connectivity index (χ3n) is 6.20. The van der Waals surface area contributed by atoms with Crippen LogP contribution in [0.1, 0.15) is 88.8 Å². The summed E-state index contributed by atoms with van der Waals surface area (Å²) in [5.74, 6) is 0.535. The Balaban J connectivity index is 1.71. The summed E-state index contributed by atoms with van der Waals surface area (Å²) >= 11 is 0. The molecule has 0 unspecified atom stereocenters. The van der Waals surface area contributed by atoms with Gasteiger partial charge in [0.15, 0.2) is 5.69 Å². The highest BCUT2D eigenvalue weighted by molar-refractivity contribution is 5.96. The minimum absolute atomic E-state index is 0.226. The number of rotatable bonds is 10. The summed E-state index contributed by atoms with van der Waals surface area (Å²) in [6.45, 7) is 11.1.